The molecule has 0 bridgehead atoms. The first kappa shape index (κ1) is 235. The first-order chi connectivity index (χ1) is 0. The Morgan fingerprint density at radius 3 is 0.667 bits per heavy atom. The van der Waals surface area contributed by atoms with Gasteiger partial charge in [0.15, 0.2) is 0 Å². The molecule has 0 unspecified atom stereocenters. The Labute approximate surface area is 60.3 Å². The SMILES string of the molecule is O.O.[Cu+2].[Mo].[OH-].[OH-]. The van der Waals surface area contributed by atoms with Crippen LogP contribution in [0.3, 0.4) is 0 Å². The van der Waals surface area contributed by atoms with Crippen LogP contribution < -0.4 is 0 Å². The van der Waals surface area contributed by atoms with Crippen molar-refractivity contribution in [3.8, 4) is 0 Å². The zero-order valence-corrected chi connectivity index (χ0v) is 5.55. The normalized spacial score (nSPS) is 0. The molecule has 0 aromatic carbocycles. The molecule has 1 radical (unpaired) electrons. The van der Waals surface area contributed by atoms with Gasteiger partial charge in [-0.3, -0.25) is 0 Å². The van der Waals surface area contributed by atoms with E-state index < -0.39 is 0 Å². The van der Waals surface area contributed by atoms with E-state index in [9.17, 15) is 0 Å². The summed E-state index contributed by atoms with van der Waals surface area (Å²) in [5.41, 5.74) is 0. The molecule has 0 aromatic rings. The van der Waals surface area contributed by atoms with Crippen molar-refractivity contribution >= 4 is 0 Å². The molecule has 0 saturated carbocycles. The largest absolute Gasteiger partial charge is 2.00 e. The Morgan fingerprint density at radius 1 is 0.667 bits per heavy atom. The first-order valence-corrected chi connectivity index (χ1v) is 0. The molecule has 47 valence electrons. The van der Waals surface area contributed by atoms with E-state index in [1.165, 1.54) is 0 Å². The standard InChI is InChI=1S/Cu.Mo.4H2O/h;;4*1H2/q+2;;;;;/p-2. The molecule has 0 spiro atoms. The van der Waals surface area contributed by atoms with Crippen LogP contribution in [-0.2, 0) is 38.1 Å². The van der Waals surface area contributed by atoms with Gasteiger partial charge in [-0.05, 0) is 0 Å². The van der Waals surface area contributed by atoms with Crippen LogP contribution in [0.2, 0.25) is 0 Å². The third-order valence-corrected chi connectivity index (χ3v) is 0. The van der Waals surface area contributed by atoms with Gasteiger partial charge in [-0.15, -0.1) is 0 Å². The molecule has 6 heteroatoms. The molecule has 0 rings (SSSR count). The second-order valence-electron chi connectivity index (χ2n) is 0. The number of hydrogen-bond acceptors (Lipinski definition) is 2. The van der Waals surface area contributed by atoms with Crippen LogP contribution in [0.1, 0.15) is 0 Å². The molecule has 0 aliphatic rings. The van der Waals surface area contributed by atoms with E-state index in [4.69, 9.17) is 0 Å². The second kappa shape index (κ2) is 140. The Bertz CT molecular complexity index is 7.51. The maximum absolute atomic E-state index is 0. The molecule has 0 amide bonds. The summed E-state index contributed by atoms with van der Waals surface area (Å²) in [6, 6.07) is 0. The molecule has 6 N–H and O–H groups in total. The minimum Gasteiger partial charge on any atom is -0.870 e. The van der Waals surface area contributed by atoms with Gasteiger partial charge < -0.3 is 21.9 Å². The van der Waals surface area contributed by atoms with Crippen LogP contribution in [0.25, 0.3) is 0 Å². The van der Waals surface area contributed by atoms with Crippen LogP contribution in [0.5, 0.6) is 0 Å². The van der Waals surface area contributed by atoms with Crippen molar-refractivity contribution in [3.63, 3.8) is 0 Å². The van der Waals surface area contributed by atoms with Crippen molar-refractivity contribution in [2.24, 2.45) is 0 Å². The van der Waals surface area contributed by atoms with Crippen LogP contribution in [0.15, 0.2) is 0 Å². The molecular formula is H6CuMoO4. The van der Waals surface area contributed by atoms with Gasteiger partial charge in [0.1, 0.15) is 0 Å². The average Bonchev–Trinajstić information content (AvgIpc) is 0. The summed E-state index contributed by atoms with van der Waals surface area (Å²) in [7, 11) is 0. The van der Waals surface area contributed by atoms with Crippen molar-refractivity contribution in [2.45, 2.75) is 0 Å². The molecular weight excluding hydrogens is 223 g/mol. The predicted molar refractivity (Wildman–Crippen MR) is 11.1 cm³/mol. The zero-order chi connectivity index (χ0) is 0. The third-order valence-electron chi connectivity index (χ3n) is 0. The molecule has 4 nitrogen and oxygen atoms in total. The monoisotopic (exact) mass is 231 g/mol. The Balaban J connectivity index is 0. The van der Waals surface area contributed by atoms with Gasteiger partial charge in [0.05, 0.1) is 0 Å². The van der Waals surface area contributed by atoms with Crippen LogP contribution in [-0.4, -0.2) is 21.9 Å². The maximum Gasteiger partial charge on any atom is 2.00 e. The molecule has 0 atom stereocenters. The minimum atomic E-state index is 0. The fourth-order valence-corrected chi connectivity index (χ4v) is 0. The molecule has 0 aliphatic carbocycles. The van der Waals surface area contributed by atoms with Crippen LogP contribution in [0.4, 0.5) is 0 Å². The van der Waals surface area contributed by atoms with Gasteiger partial charge in [-0.1, -0.05) is 0 Å². The summed E-state index contributed by atoms with van der Waals surface area (Å²) < 4.78 is 0. The Kier molecular flexibility index (Phi) is 5490. The van der Waals surface area contributed by atoms with Crippen molar-refractivity contribution in [2.75, 3.05) is 0 Å². The van der Waals surface area contributed by atoms with Gasteiger partial charge >= 0.3 is 17.1 Å². The van der Waals surface area contributed by atoms with Gasteiger partial charge in [0.25, 0.3) is 0 Å². The van der Waals surface area contributed by atoms with Gasteiger partial charge in [-0.2, -0.15) is 0 Å². The first-order valence-electron chi connectivity index (χ1n) is 0. The molecule has 0 fully saturated rings. The molecule has 0 heterocycles. The summed E-state index contributed by atoms with van der Waals surface area (Å²) in [5.74, 6) is 0. The average molecular weight is 230 g/mol. The van der Waals surface area contributed by atoms with E-state index in [0.29, 0.717) is 0 Å². The predicted octanol–water partition coefficient (Wildman–Crippen LogP) is -2.01. The fourth-order valence-electron chi connectivity index (χ4n) is 0. The summed E-state index contributed by atoms with van der Waals surface area (Å²) >= 11 is 0. The minimum absolute atomic E-state index is 0. The third kappa shape index (κ3) is 75.3. The summed E-state index contributed by atoms with van der Waals surface area (Å²) in [6.07, 6.45) is 0. The quantitative estimate of drug-likeness (QED) is 0.446. The van der Waals surface area contributed by atoms with E-state index in [0.717, 1.165) is 0 Å². The van der Waals surface area contributed by atoms with E-state index in [2.05, 4.69) is 0 Å². The van der Waals surface area contributed by atoms with E-state index >= 15 is 0 Å². The van der Waals surface area contributed by atoms with Gasteiger partial charge in [0.2, 0.25) is 0 Å². The zero-order valence-electron chi connectivity index (χ0n) is 2.60. The summed E-state index contributed by atoms with van der Waals surface area (Å²) in [5, 5.41) is 0. The van der Waals surface area contributed by atoms with Crippen LogP contribution >= 0.6 is 0 Å². The topological polar surface area (TPSA) is 123 Å². The van der Waals surface area contributed by atoms with E-state index in [-0.39, 0.29) is 60.0 Å². The van der Waals surface area contributed by atoms with Gasteiger partial charge in [0, 0.05) is 21.1 Å². The summed E-state index contributed by atoms with van der Waals surface area (Å²) in [6.45, 7) is 0. The van der Waals surface area contributed by atoms with Crippen molar-refractivity contribution in [1.82, 2.24) is 0 Å². The summed E-state index contributed by atoms with van der Waals surface area (Å²) in [4.78, 5) is 0. The molecule has 0 aliphatic heterocycles. The molecule has 0 saturated heterocycles. The van der Waals surface area contributed by atoms with Crippen molar-refractivity contribution in [1.29, 1.82) is 0 Å². The van der Waals surface area contributed by atoms with Crippen molar-refractivity contribution < 1.29 is 60.0 Å². The maximum atomic E-state index is 0. The number of rotatable bonds is 0. The Hall–Kier alpha value is 1.05. The van der Waals surface area contributed by atoms with E-state index in [1.54, 1.807) is 0 Å². The van der Waals surface area contributed by atoms with Crippen molar-refractivity contribution in [3.05, 3.63) is 0 Å². The fraction of sp³-hybridized carbons (Fsp3) is 0. The smallest absolute Gasteiger partial charge is 0.870 e. The number of hydrogen-bond donors (Lipinski definition) is 0. The van der Waals surface area contributed by atoms with Crippen LogP contribution in [0, 0.1) is 0 Å². The molecule has 6 heavy (non-hydrogen) atoms. The Morgan fingerprint density at radius 2 is 0.667 bits per heavy atom. The van der Waals surface area contributed by atoms with E-state index in [1.807, 2.05) is 0 Å². The second-order valence-corrected chi connectivity index (χ2v) is 0. The van der Waals surface area contributed by atoms with Gasteiger partial charge in [-0.25, -0.2) is 0 Å². The molecule has 0 aromatic heterocycles.